The van der Waals surface area contributed by atoms with Crippen LogP contribution in [0.3, 0.4) is 0 Å². The van der Waals surface area contributed by atoms with Crippen LogP contribution in [-0.2, 0) is 11.8 Å². The first kappa shape index (κ1) is 16.4. The highest BCUT2D eigenvalue weighted by molar-refractivity contribution is 7.98. The van der Waals surface area contributed by atoms with Gasteiger partial charge in [0.05, 0.1) is 7.11 Å². The molecule has 0 bridgehead atoms. The van der Waals surface area contributed by atoms with Crippen molar-refractivity contribution in [1.82, 2.24) is 14.9 Å². The summed E-state index contributed by atoms with van der Waals surface area (Å²) in [7, 11) is 3.54. The Morgan fingerprint density at radius 3 is 2.86 bits per heavy atom. The van der Waals surface area contributed by atoms with Gasteiger partial charge in [-0.1, -0.05) is 18.2 Å². The lowest BCUT2D eigenvalue weighted by Crippen LogP contribution is -2.31. The molecule has 1 N–H and O–H groups in total. The van der Waals surface area contributed by atoms with Gasteiger partial charge < -0.3 is 14.6 Å². The van der Waals surface area contributed by atoms with E-state index in [0.29, 0.717) is 6.42 Å². The first-order chi connectivity index (χ1) is 10.7. The number of carbonyl (C=O) groups is 1. The standard InChI is InChI=1S/C16H21N3O2S/c1-19-10-9-17-16(19)15(18-14(20)8-11-22-3)12-6-4-5-7-13(12)21-2/h4-7,9-10,15H,8,11H2,1-3H3,(H,18,20)/t15-/m0/s1. The van der Waals surface area contributed by atoms with Crippen molar-refractivity contribution in [2.75, 3.05) is 19.1 Å². The smallest absolute Gasteiger partial charge is 0.221 e. The van der Waals surface area contributed by atoms with E-state index in [1.54, 1.807) is 25.1 Å². The van der Waals surface area contributed by atoms with E-state index in [2.05, 4.69) is 10.3 Å². The number of ether oxygens (including phenoxy) is 1. The molecule has 0 spiro atoms. The number of nitrogens with one attached hydrogen (secondary N) is 1. The van der Waals surface area contributed by atoms with Crippen LogP contribution in [-0.4, -0.2) is 34.6 Å². The molecule has 2 aromatic rings. The molecule has 5 nitrogen and oxygen atoms in total. The minimum absolute atomic E-state index is 0.00764. The van der Waals surface area contributed by atoms with Gasteiger partial charge in [-0.25, -0.2) is 4.98 Å². The summed E-state index contributed by atoms with van der Waals surface area (Å²) in [6.45, 7) is 0. The number of carbonyl (C=O) groups excluding carboxylic acids is 1. The van der Waals surface area contributed by atoms with Crippen LogP contribution in [0.15, 0.2) is 36.7 Å². The topological polar surface area (TPSA) is 56.1 Å². The van der Waals surface area contributed by atoms with Gasteiger partial charge in [0.15, 0.2) is 0 Å². The number of aryl methyl sites for hydroxylation is 1. The van der Waals surface area contributed by atoms with E-state index >= 15 is 0 Å². The van der Waals surface area contributed by atoms with Crippen LogP contribution in [0.25, 0.3) is 0 Å². The summed E-state index contributed by atoms with van der Waals surface area (Å²) in [6, 6.07) is 7.35. The van der Waals surface area contributed by atoms with Crippen LogP contribution < -0.4 is 10.1 Å². The van der Waals surface area contributed by atoms with Gasteiger partial charge in [0.2, 0.25) is 5.91 Å². The van der Waals surface area contributed by atoms with Crippen molar-refractivity contribution in [3.8, 4) is 5.75 Å². The Balaban J connectivity index is 2.34. The number of nitrogens with zero attached hydrogens (tertiary/aromatic N) is 2. The molecule has 2 rings (SSSR count). The predicted octanol–water partition coefficient (Wildman–Crippen LogP) is 2.39. The van der Waals surface area contributed by atoms with Crippen molar-refractivity contribution in [1.29, 1.82) is 0 Å². The molecular weight excluding hydrogens is 298 g/mol. The summed E-state index contributed by atoms with van der Waals surface area (Å²) in [6.07, 6.45) is 6.07. The SMILES string of the molecule is COc1ccccc1[C@H](NC(=O)CCSC)c1nccn1C. The van der Waals surface area contributed by atoms with Crippen LogP contribution in [0.1, 0.15) is 23.9 Å². The molecule has 6 heteroatoms. The average Bonchev–Trinajstić information content (AvgIpc) is 2.96. The Labute approximate surface area is 135 Å². The van der Waals surface area contributed by atoms with Crippen molar-refractivity contribution < 1.29 is 9.53 Å². The molecule has 1 aromatic heterocycles. The molecule has 0 unspecified atom stereocenters. The number of para-hydroxylation sites is 1. The van der Waals surface area contributed by atoms with Crippen LogP contribution in [0.5, 0.6) is 5.75 Å². The quantitative estimate of drug-likeness (QED) is 0.851. The van der Waals surface area contributed by atoms with Gasteiger partial charge >= 0.3 is 0 Å². The van der Waals surface area contributed by atoms with Crippen LogP contribution >= 0.6 is 11.8 Å². The van der Waals surface area contributed by atoms with Gasteiger partial charge in [0.1, 0.15) is 17.6 Å². The van der Waals surface area contributed by atoms with Crippen molar-refractivity contribution in [2.24, 2.45) is 7.05 Å². The van der Waals surface area contributed by atoms with E-state index in [1.165, 1.54) is 0 Å². The maximum Gasteiger partial charge on any atom is 0.221 e. The first-order valence-corrected chi connectivity index (χ1v) is 8.45. The third-order valence-electron chi connectivity index (χ3n) is 3.41. The molecule has 0 saturated carbocycles. The molecule has 1 aromatic carbocycles. The van der Waals surface area contributed by atoms with Crippen molar-refractivity contribution >= 4 is 17.7 Å². The lowest BCUT2D eigenvalue weighted by Gasteiger charge is -2.21. The Bertz CT molecular complexity index is 627. The number of thioether (sulfide) groups is 1. The van der Waals surface area contributed by atoms with Gasteiger partial charge in [-0.2, -0.15) is 11.8 Å². The highest BCUT2D eigenvalue weighted by atomic mass is 32.2. The minimum atomic E-state index is -0.328. The fourth-order valence-electron chi connectivity index (χ4n) is 2.27. The monoisotopic (exact) mass is 319 g/mol. The van der Waals surface area contributed by atoms with E-state index in [9.17, 15) is 4.79 Å². The summed E-state index contributed by atoms with van der Waals surface area (Å²) in [5, 5.41) is 3.07. The molecule has 0 aliphatic rings. The molecule has 0 saturated heterocycles. The summed E-state index contributed by atoms with van der Waals surface area (Å²) >= 11 is 1.65. The van der Waals surface area contributed by atoms with E-state index in [0.717, 1.165) is 22.9 Å². The number of imidazole rings is 1. The second-order valence-electron chi connectivity index (χ2n) is 4.88. The number of aromatic nitrogens is 2. The Kier molecular flexibility index (Phi) is 5.89. The second kappa shape index (κ2) is 7.89. The summed E-state index contributed by atoms with van der Waals surface area (Å²) in [5.74, 6) is 2.32. The summed E-state index contributed by atoms with van der Waals surface area (Å²) in [5.41, 5.74) is 0.900. The van der Waals surface area contributed by atoms with Gasteiger partial charge in [0.25, 0.3) is 0 Å². The van der Waals surface area contributed by atoms with Crippen molar-refractivity contribution in [3.63, 3.8) is 0 Å². The zero-order valence-corrected chi connectivity index (χ0v) is 13.9. The van der Waals surface area contributed by atoms with Crippen LogP contribution in [0.2, 0.25) is 0 Å². The number of hydrogen-bond donors (Lipinski definition) is 1. The molecule has 118 valence electrons. The molecule has 0 radical (unpaired) electrons. The summed E-state index contributed by atoms with van der Waals surface area (Å²) in [4.78, 5) is 16.6. The Hall–Kier alpha value is -1.95. The predicted molar refractivity (Wildman–Crippen MR) is 89.2 cm³/mol. The van der Waals surface area contributed by atoms with Crippen LogP contribution in [0.4, 0.5) is 0 Å². The van der Waals surface area contributed by atoms with Gasteiger partial charge in [0, 0.05) is 37.2 Å². The number of methoxy groups -OCH3 is 1. The molecule has 1 atom stereocenters. The number of hydrogen-bond acceptors (Lipinski definition) is 4. The number of amides is 1. The molecule has 0 aliphatic carbocycles. The lowest BCUT2D eigenvalue weighted by atomic mass is 10.0. The largest absolute Gasteiger partial charge is 0.496 e. The Morgan fingerprint density at radius 1 is 1.45 bits per heavy atom. The zero-order chi connectivity index (χ0) is 15.9. The molecule has 0 fully saturated rings. The highest BCUT2D eigenvalue weighted by Crippen LogP contribution is 2.29. The molecule has 22 heavy (non-hydrogen) atoms. The third-order valence-corrected chi connectivity index (χ3v) is 4.02. The van der Waals surface area contributed by atoms with Gasteiger partial charge in [-0.15, -0.1) is 0 Å². The summed E-state index contributed by atoms with van der Waals surface area (Å²) < 4.78 is 7.34. The molecule has 0 aliphatic heterocycles. The van der Waals surface area contributed by atoms with E-state index < -0.39 is 0 Å². The van der Waals surface area contributed by atoms with E-state index in [-0.39, 0.29) is 11.9 Å². The zero-order valence-electron chi connectivity index (χ0n) is 13.1. The molecule has 1 amide bonds. The number of rotatable bonds is 7. The highest BCUT2D eigenvalue weighted by Gasteiger charge is 2.23. The first-order valence-electron chi connectivity index (χ1n) is 7.05. The Morgan fingerprint density at radius 2 is 2.23 bits per heavy atom. The van der Waals surface area contributed by atoms with Crippen LogP contribution in [0, 0.1) is 0 Å². The fraction of sp³-hybridized carbons (Fsp3) is 0.375. The van der Waals surface area contributed by atoms with Crippen molar-refractivity contribution in [2.45, 2.75) is 12.5 Å². The van der Waals surface area contributed by atoms with E-state index in [1.807, 2.05) is 48.3 Å². The normalized spacial score (nSPS) is 12.0. The minimum Gasteiger partial charge on any atom is -0.496 e. The van der Waals surface area contributed by atoms with Gasteiger partial charge in [-0.3, -0.25) is 4.79 Å². The third kappa shape index (κ3) is 3.82. The van der Waals surface area contributed by atoms with E-state index in [4.69, 9.17) is 4.74 Å². The fourth-order valence-corrected chi connectivity index (χ4v) is 2.66. The molecule has 1 heterocycles. The average molecular weight is 319 g/mol. The lowest BCUT2D eigenvalue weighted by molar-refractivity contribution is -0.121. The van der Waals surface area contributed by atoms with Gasteiger partial charge in [-0.05, 0) is 12.3 Å². The maximum absolute atomic E-state index is 12.2. The maximum atomic E-state index is 12.2. The van der Waals surface area contributed by atoms with Crippen molar-refractivity contribution in [3.05, 3.63) is 48.0 Å². The second-order valence-corrected chi connectivity index (χ2v) is 5.87. The molecular formula is C16H21N3O2S. The number of benzene rings is 1.